The number of ether oxygens (including phenoxy) is 1. The lowest BCUT2D eigenvalue weighted by Crippen LogP contribution is -2.37. The van der Waals surface area contributed by atoms with E-state index in [0.29, 0.717) is 12.0 Å². The molecule has 0 aliphatic carbocycles. The smallest absolute Gasteiger partial charge is 0.260 e. The molecule has 0 aliphatic rings. The summed E-state index contributed by atoms with van der Waals surface area (Å²) in [4.78, 5) is 0. The van der Waals surface area contributed by atoms with Crippen molar-refractivity contribution >= 4 is 34.5 Å². The third-order valence-corrected chi connectivity index (χ3v) is 4.56. The molecule has 0 fully saturated rings. The fourth-order valence-electron chi connectivity index (χ4n) is 1.89. The van der Waals surface area contributed by atoms with E-state index in [0.717, 1.165) is 25.0 Å². The highest BCUT2D eigenvalue weighted by molar-refractivity contribution is 8.10. The van der Waals surface area contributed by atoms with Gasteiger partial charge in [0, 0.05) is 19.1 Å². The molecule has 0 spiro atoms. The average molecular weight is 336 g/mol. The van der Waals surface area contributed by atoms with Crippen LogP contribution in [-0.4, -0.2) is 6.61 Å². The molecule has 0 bridgehead atoms. The first kappa shape index (κ1) is 17.6. The standard InChI is InChI=1S/C14H20Cl2NO2P/c1-4-6-7-12-8-9-17(11(3)10-12)13(20(15)16)14(18)19-5-2/h8-10H,4-7H2,1-3H3/b14-13-. The van der Waals surface area contributed by atoms with E-state index in [4.69, 9.17) is 27.2 Å². The van der Waals surface area contributed by atoms with Crippen LogP contribution in [-0.2, 0) is 11.2 Å². The Morgan fingerprint density at radius 1 is 1.40 bits per heavy atom. The van der Waals surface area contributed by atoms with Crippen LogP contribution in [0.1, 0.15) is 37.9 Å². The molecule has 0 atom stereocenters. The Balaban J connectivity index is 3.13. The minimum absolute atomic E-state index is 0.296. The van der Waals surface area contributed by atoms with Crippen LogP contribution in [0.3, 0.4) is 0 Å². The van der Waals surface area contributed by atoms with Gasteiger partial charge < -0.3 is 9.84 Å². The molecule has 0 unspecified atom stereocenters. The molecule has 0 saturated carbocycles. The number of aryl methyl sites for hydroxylation is 2. The summed E-state index contributed by atoms with van der Waals surface area (Å²) in [5, 5.41) is 12.0. The fourth-order valence-corrected chi connectivity index (χ4v) is 3.38. The molecule has 3 nitrogen and oxygen atoms in total. The monoisotopic (exact) mass is 335 g/mol. The molecule has 0 radical (unpaired) electrons. The minimum atomic E-state index is -1.58. The molecule has 1 aromatic heterocycles. The Morgan fingerprint density at radius 3 is 2.60 bits per heavy atom. The summed E-state index contributed by atoms with van der Waals surface area (Å²) in [6, 6.07) is 4.05. The molecular weight excluding hydrogens is 316 g/mol. The van der Waals surface area contributed by atoms with Crippen LogP contribution in [0.4, 0.5) is 0 Å². The summed E-state index contributed by atoms with van der Waals surface area (Å²) in [6.45, 7) is 4.57. The van der Waals surface area contributed by atoms with Gasteiger partial charge in [-0.05, 0) is 25.0 Å². The fraction of sp³-hybridized carbons (Fsp3) is 0.500. The van der Waals surface area contributed by atoms with Crippen molar-refractivity contribution < 1.29 is 14.4 Å². The maximum atomic E-state index is 12.0. The van der Waals surface area contributed by atoms with E-state index in [-0.39, 0.29) is 0 Å². The van der Waals surface area contributed by atoms with Gasteiger partial charge in [-0.3, -0.25) is 0 Å². The summed E-state index contributed by atoms with van der Waals surface area (Å²) < 4.78 is 6.74. The van der Waals surface area contributed by atoms with Gasteiger partial charge in [-0.2, -0.15) is 4.57 Å². The van der Waals surface area contributed by atoms with Crippen molar-refractivity contribution in [1.29, 1.82) is 0 Å². The lowest BCUT2D eigenvalue weighted by Gasteiger charge is -2.16. The van der Waals surface area contributed by atoms with Gasteiger partial charge >= 0.3 is 0 Å². The molecule has 1 rings (SSSR count). The summed E-state index contributed by atoms with van der Waals surface area (Å²) in [7, 11) is 0. The van der Waals surface area contributed by atoms with E-state index in [1.54, 1.807) is 11.5 Å². The van der Waals surface area contributed by atoms with E-state index in [1.165, 1.54) is 5.56 Å². The number of unbranched alkanes of at least 4 members (excludes halogenated alkanes) is 1. The zero-order chi connectivity index (χ0) is 15.1. The van der Waals surface area contributed by atoms with E-state index < -0.39 is 12.6 Å². The molecular formula is C14H20Cl2NO2P. The van der Waals surface area contributed by atoms with Crippen molar-refractivity contribution in [2.75, 3.05) is 6.61 Å². The van der Waals surface area contributed by atoms with Crippen molar-refractivity contribution in [2.24, 2.45) is 0 Å². The van der Waals surface area contributed by atoms with Crippen LogP contribution in [0.25, 0.3) is 5.44 Å². The van der Waals surface area contributed by atoms with Gasteiger partial charge in [0.1, 0.15) is 5.95 Å². The van der Waals surface area contributed by atoms with Gasteiger partial charge in [0.05, 0.1) is 0 Å². The zero-order valence-electron chi connectivity index (χ0n) is 12.0. The van der Waals surface area contributed by atoms with Crippen molar-refractivity contribution in [1.82, 2.24) is 0 Å². The summed E-state index contributed by atoms with van der Waals surface area (Å²) in [5.74, 6) is -0.460. The Labute approximate surface area is 131 Å². The van der Waals surface area contributed by atoms with Crippen LogP contribution in [0.2, 0.25) is 0 Å². The number of pyridine rings is 1. The number of halogens is 2. The van der Waals surface area contributed by atoms with Gasteiger partial charge in [0.2, 0.25) is 0 Å². The number of aromatic nitrogens is 1. The molecule has 1 heterocycles. The highest BCUT2D eigenvalue weighted by Crippen LogP contribution is 2.55. The zero-order valence-corrected chi connectivity index (χ0v) is 14.4. The van der Waals surface area contributed by atoms with Gasteiger partial charge in [-0.1, -0.05) is 42.7 Å². The maximum absolute atomic E-state index is 12.0. The van der Waals surface area contributed by atoms with Crippen molar-refractivity contribution in [3.63, 3.8) is 0 Å². The van der Waals surface area contributed by atoms with Crippen molar-refractivity contribution in [3.05, 3.63) is 35.5 Å². The lowest BCUT2D eigenvalue weighted by atomic mass is 10.1. The SMILES string of the molecule is CCCCc1cc[n+](/C(=C(\[O-])OCC)P(Cl)Cl)c(C)c1. The van der Waals surface area contributed by atoms with Gasteiger partial charge in [0.25, 0.3) is 5.44 Å². The number of hydrogen-bond donors (Lipinski definition) is 0. The first-order valence-electron chi connectivity index (χ1n) is 6.68. The number of hydrogen-bond acceptors (Lipinski definition) is 2. The maximum Gasteiger partial charge on any atom is 0.260 e. The minimum Gasteiger partial charge on any atom is -0.609 e. The van der Waals surface area contributed by atoms with Crippen LogP contribution in [0.15, 0.2) is 24.3 Å². The van der Waals surface area contributed by atoms with Crippen molar-refractivity contribution in [3.8, 4) is 0 Å². The summed E-state index contributed by atoms with van der Waals surface area (Å²) in [5.41, 5.74) is 2.47. The highest BCUT2D eigenvalue weighted by Gasteiger charge is 2.24. The van der Waals surface area contributed by atoms with E-state index in [9.17, 15) is 5.11 Å². The molecule has 112 valence electrons. The lowest BCUT2D eigenvalue weighted by molar-refractivity contribution is -0.588. The van der Waals surface area contributed by atoms with E-state index in [1.807, 2.05) is 19.2 Å². The van der Waals surface area contributed by atoms with E-state index >= 15 is 0 Å². The predicted molar refractivity (Wildman–Crippen MR) is 83.5 cm³/mol. The van der Waals surface area contributed by atoms with Crippen LogP contribution >= 0.6 is 29.1 Å². The number of nitrogens with zero attached hydrogens (tertiary/aromatic N) is 1. The first-order chi connectivity index (χ1) is 9.51. The topological polar surface area (TPSA) is 36.2 Å². The largest absolute Gasteiger partial charge is 0.609 e. The molecule has 0 aliphatic heterocycles. The molecule has 0 saturated heterocycles. The normalized spacial score (nSPS) is 12.5. The quantitative estimate of drug-likeness (QED) is 0.430. The molecule has 0 N–H and O–H groups in total. The third kappa shape index (κ3) is 4.80. The van der Waals surface area contributed by atoms with Crippen LogP contribution < -0.4 is 9.67 Å². The Morgan fingerprint density at radius 2 is 2.10 bits per heavy atom. The van der Waals surface area contributed by atoms with Gasteiger partial charge in [-0.25, -0.2) is 0 Å². The molecule has 0 aromatic carbocycles. The second-order valence-corrected chi connectivity index (χ2v) is 7.86. The molecule has 0 amide bonds. The number of rotatable bonds is 7. The first-order valence-corrected chi connectivity index (χ1v) is 9.83. The molecule has 1 aromatic rings. The Bertz CT molecular complexity index is 478. The molecule has 20 heavy (non-hydrogen) atoms. The van der Waals surface area contributed by atoms with Gasteiger partial charge in [-0.15, -0.1) is 0 Å². The molecule has 6 heteroatoms. The summed E-state index contributed by atoms with van der Waals surface area (Å²) >= 11 is 12.0. The highest BCUT2D eigenvalue weighted by atomic mass is 35.9. The average Bonchev–Trinajstić information content (AvgIpc) is 2.39. The second kappa shape index (κ2) is 8.71. The third-order valence-electron chi connectivity index (χ3n) is 2.88. The van der Waals surface area contributed by atoms with E-state index in [2.05, 4.69) is 13.0 Å². The second-order valence-electron chi connectivity index (χ2n) is 4.43. The Kier molecular flexibility index (Phi) is 7.65. The predicted octanol–water partition coefficient (Wildman–Crippen LogP) is 3.90. The summed E-state index contributed by atoms with van der Waals surface area (Å²) in [6.07, 6.45) is 5.18. The van der Waals surface area contributed by atoms with Crippen molar-refractivity contribution in [2.45, 2.75) is 40.0 Å². The van der Waals surface area contributed by atoms with Crippen LogP contribution in [0.5, 0.6) is 0 Å². The van der Waals surface area contributed by atoms with Crippen LogP contribution in [0, 0.1) is 6.92 Å². The van der Waals surface area contributed by atoms with Gasteiger partial charge in [0.15, 0.2) is 18.5 Å². The Hall–Kier alpha value is -0.500.